The number of rotatable bonds is 5. The van der Waals surface area contributed by atoms with Gasteiger partial charge in [-0.05, 0) is 18.2 Å². The Bertz CT molecular complexity index is 654. The molecule has 0 bridgehead atoms. The van der Waals surface area contributed by atoms with Crippen LogP contribution in [0.4, 0.5) is 4.39 Å². The van der Waals surface area contributed by atoms with Crippen LogP contribution in [0.2, 0.25) is 0 Å². The Morgan fingerprint density at radius 3 is 2.05 bits per heavy atom. The van der Waals surface area contributed by atoms with Crippen LogP contribution in [0.3, 0.4) is 0 Å². The van der Waals surface area contributed by atoms with Crippen LogP contribution in [0.25, 0.3) is 0 Å². The van der Waals surface area contributed by atoms with Gasteiger partial charge in [-0.15, -0.1) is 0 Å². The Morgan fingerprint density at radius 2 is 1.57 bits per heavy atom. The maximum atomic E-state index is 14.0. The number of halogens is 1. The van der Waals surface area contributed by atoms with E-state index < -0.39 is 5.82 Å². The van der Waals surface area contributed by atoms with Crippen LogP contribution in [0.1, 0.15) is 5.56 Å². The van der Waals surface area contributed by atoms with Gasteiger partial charge in [0.2, 0.25) is 0 Å². The molecule has 4 nitrogen and oxygen atoms in total. The fourth-order valence-corrected chi connectivity index (χ4v) is 1.83. The highest BCUT2D eigenvalue weighted by Crippen LogP contribution is 2.32. The van der Waals surface area contributed by atoms with Gasteiger partial charge >= 0.3 is 0 Å². The summed E-state index contributed by atoms with van der Waals surface area (Å²) in [5.74, 6) is 0.995. The summed E-state index contributed by atoms with van der Waals surface area (Å²) in [5.41, 5.74) is 5.89. The van der Waals surface area contributed by atoms with Crippen LogP contribution in [0, 0.1) is 5.82 Å². The summed E-state index contributed by atoms with van der Waals surface area (Å²) in [5, 5.41) is 0. The van der Waals surface area contributed by atoms with Crippen molar-refractivity contribution in [2.75, 3.05) is 14.2 Å². The van der Waals surface area contributed by atoms with E-state index in [1.807, 2.05) is 0 Å². The maximum absolute atomic E-state index is 14.0. The van der Waals surface area contributed by atoms with Gasteiger partial charge in [0.25, 0.3) is 0 Å². The van der Waals surface area contributed by atoms with Gasteiger partial charge in [-0.2, -0.15) is 0 Å². The quantitative estimate of drug-likeness (QED) is 0.859. The molecule has 0 radical (unpaired) electrons. The molecule has 110 valence electrons. The van der Waals surface area contributed by atoms with Gasteiger partial charge in [-0.1, -0.05) is 12.2 Å². The molecule has 0 saturated carbocycles. The first kappa shape index (κ1) is 15.1. The Hall–Kier alpha value is -2.34. The number of hydrogen-bond acceptors (Lipinski definition) is 4. The summed E-state index contributed by atoms with van der Waals surface area (Å²) < 4.78 is 29.7. The number of benzene rings is 2. The molecule has 0 aliphatic heterocycles. The fraction of sp³-hybridized carbons (Fsp3) is 0.133. The molecule has 6 heteroatoms. The van der Waals surface area contributed by atoms with Gasteiger partial charge in [0.05, 0.1) is 14.2 Å². The van der Waals surface area contributed by atoms with E-state index in [-0.39, 0.29) is 10.7 Å². The Kier molecular flexibility index (Phi) is 4.59. The molecule has 0 atom stereocenters. The predicted molar refractivity (Wildman–Crippen MR) is 81.9 cm³/mol. The topological polar surface area (TPSA) is 53.7 Å². The molecule has 0 aliphatic rings. The summed E-state index contributed by atoms with van der Waals surface area (Å²) in [6.45, 7) is 0. The number of methoxy groups -OCH3 is 2. The monoisotopic (exact) mass is 307 g/mol. The lowest BCUT2D eigenvalue weighted by atomic mass is 10.2. The zero-order valence-corrected chi connectivity index (χ0v) is 12.4. The van der Waals surface area contributed by atoms with Crippen molar-refractivity contribution in [3.05, 3.63) is 47.8 Å². The molecule has 21 heavy (non-hydrogen) atoms. The second kappa shape index (κ2) is 6.41. The van der Waals surface area contributed by atoms with Crippen LogP contribution in [0.15, 0.2) is 36.4 Å². The van der Waals surface area contributed by atoms with Gasteiger partial charge < -0.3 is 19.9 Å². The molecule has 0 aromatic heterocycles. The molecule has 2 rings (SSSR count). The first-order valence-electron chi connectivity index (χ1n) is 6.03. The number of thiocarbonyl (C=S) groups is 1. The standard InChI is InChI=1S/C15H14FNO3S/c1-18-10-6-11(19-2)8-12(7-10)20-14-4-3-9(15(17)21)5-13(14)16/h3-8H,1-2H3,(H2,17,21). The van der Waals surface area contributed by atoms with E-state index in [2.05, 4.69) is 0 Å². The van der Waals surface area contributed by atoms with Crippen LogP contribution >= 0.6 is 12.2 Å². The molecule has 2 aromatic carbocycles. The van der Waals surface area contributed by atoms with Gasteiger partial charge in [0.1, 0.15) is 22.2 Å². The average Bonchev–Trinajstić information content (AvgIpc) is 2.48. The SMILES string of the molecule is COc1cc(OC)cc(Oc2ccc(C(N)=S)cc2F)c1. The summed E-state index contributed by atoms with van der Waals surface area (Å²) in [6, 6.07) is 9.25. The van der Waals surface area contributed by atoms with Crippen LogP contribution in [-0.2, 0) is 0 Å². The molecule has 0 amide bonds. The number of hydrogen-bond donors (Lipinski definition) is 1. The van der Waals surface area contributed by atoms with Crippen molar-refractivity contribution in [2.24, 2.45) is 5.73 Å². The smallest absolute Gasteiger partial charge is 0.166 e. The largest absolute Gasteiger partial charge is 0.496 e. The third-order valence-corrected chi connectivity index (χ3v) is 3.00. The molecule has 2 N–H and O–H groups in total. The molecule has 0 spiro atoms. The third kappa shape index (κ3) is 3.61. The molecule has 2 aromatic rings. The first-order chi connectivity index (χ1) is 10.0. The van der Waals surface area contributed by atoms with Crippen molar-refractivity contribution in [2.45, 2.75) is 0 Å². The molecular weight excluding hydrogens is 293 g/mol. The number of ether oxygens (including phenoxy) is 3. The van der Waals surface area contributed by atoms with E-state index in [0.717, 1.165) is 0 Å². The second-order valence-electron chi connectivity index (χ2n) is 4.16. The van der Waals surface area contributed by atoms with Crippen LogP contribution in [-0.4, -0.2) is 19.2 Å². The van der Waals surface area contributed by atoms with Crippen molar-refractivity contribution < 1.29 is 18.6 Å². The summed E-state index contributed by atoms with van der Waals surface area (Å²) in [4.78, 5) is 0.128. The van der Waals surface area contributed by atoms with Crippen molar-refractivity contribution in [3.63, 3.8) is 0 Å². The molecular formula is C15H14FNO3S. The lowest BCUT2D eigenvalue weighted by Gasteiger charge is -2.11. The zero-order valence-electron chi connectivity index (χ0n) is 11.6. The normalized spacial score (nSPS) is 10.0. The summed E-state index contributed by atoms with van der Waals surface area (Å²) >= 11 is 4.80. The molecule has 0 saturated heterocycles. The zero-order chi connectivity index (χ0) is 15.4. The van der Waals surface area contributed by atoms with Gasteiger partial charge in [-0.25, -0.2) is 4.39 Å². The van der Waals surface area contributed by atoms with E-state index in [4.69, 9.17) is 32.2 Å². The van der Waals surface area contributed by atoms with Gasteiger partial charge in [0, 0.05) is 23.8 Å². The minimum atomic E-state index is -0.554. The van der Waals surface area contributed by atoms with E-state index in [9.17, 15) is 4.39 Å². The first-order valence-corrected chi connectivity index (χ1v) is 6.44. The highest BCUT2D eigenvalue weighted by molar-refractivity contribution is 7.80. The highest BCUT2D eigenvalue weighted by Gasteiger charge is 2.09. The van der Waals surface area contributed by atoms with Crippen molar-refractivity contribution in [3.8, 4) is 23.0 Å². The van der Waals surface area contributed by atoms with E-state index in [0.29, 0.717) is 22.8 Å². The second-order valence-corrected chi connectivity index (χ2v) is 4.60. The lowest BCUT2D eigenvalue weighted by Crippen LogP contribution is -2.09. The number of nitrogens with two attached hydrogens (primary N) is 1. The Morgan fingerprint density at radius 1 is 1.00 bits per heavy atom. The lowest BCUT2D eigenvalue weighted by molar-refractivity contribution is 0.383. The van der Waals surface area contributed by atoms with Crippen LogP contribution in [0.5, 0.6) is 23.0 Å². The van der Waals surface area contributed by atoms with E-state index >= 15 is 0 Å². The average molecular weight is 307 g/mol. The third-order valence-electron chi connectivity index (χ3n) is 2.77. The van der Waals surface area contributed by atoms with Crippen LogP contribution < -0.4 is 19.9 Å². The Balaban J connectivity index is 2.31. The van der Waals surface area contributed by atoms with Crippen molar-refractivity contribution in [1.29, 1.82) is 0 Å². The maximum Gasteiger partial charge on any atom is 0.166 e. The summed E-state index contributed by atoms with van der Waals surface area (Å²) in [7, 11) is 3.05. The van der Waals surface area contributed by atoms with Crippen molar-refractivity contribution >= 4 is 17.2 Å². The molecule has 0 unspecified atom stereocenters. The molecule has 0 aliphatic carbocycles. The van der Waals surface area contributed by atoms with E-state index in [1.54, 1.807) is 24.3 Å². The fourth-order valence-electron chi connectivity index (χ4n) is 1.70. The Labute approximate surface area is 127 Å². The minimum absolute atomic E-state index is 0.0605. The van der Waals surface area contributed by atoms with Gasteiger partial charge in [0.15, 0.2) is 11.6 Å². The molecule has 0 heterocycles. The van der Waals surface area contributed by atoms with Crippen molar-refractivity contribution in [1.82, 2.24) is 0 Å². The summed E-state index contributed by atoms with van der Waals surface area (Å²) in [6.07, 6.45) is 0. The minimum Gasteiger partial charge on any atom is -0.496 e. The predicted octanol–water partition coefficient (Wildman–Crippen LogP) is 3.27. The van der Waals surface area contributed by atoms with Gasteiger partial charge in [-0.3, -0.25) is 0 Å². The highest BCUT2D eigenvalue weighted by atomic mass is 32.1. The molecule has 0 fully saturated rings. The van der Waals surface area contributed by atoms with E-state index in [1.165, 1.54) is 26.4 Å².